The van der Waals surface area contributed by atoms with Gasteiger partial charge in [-0.25, -0.2) is 58.7 Å². The minimum Gasteiger partial charge on any atom is -0.395 e. The molecular formula is C83H119N25O14S9. The van der Waals surface area contributed by atoms with Crippen molar-refractivity contribution in [3.63, 3.8) is 0 Å². The van der Waals surface area contributed by atoms with Crippen molar-refractivity contribution < 1.29 is 34.0 Å². The molecule has 0 bridgehead atoms. The fraction of sp³-hybridized carbons (Fsp3) is 0.627. The molecule has 714 valence electrons. The number of aryl methyl sites for hydroxylation is 3. The number of ketones is 1. The quantitative estimate of drug-likeness (QED) is 0.0808. The number of aromatic nitrogens is 16. The fourth-order valence-corrected chi connectivity index (χ4v) is 21.0. The molecule has 5 fully saturated rings. The number of morpholine rings is 3. The van der Waals surface area contributed by atoms with Crippen LogP contribution in [0, 0.1) is 29.1 Å². The molecule has 8 aromatic rings. The zero-order chi connectivity index (χ0) is 94.2. The van der Waals surface area contributed by atoms with E-state index >= 15 is 0 Å². The Kier molecular flexibility index (Phi) is 37.3. The molecule has 39 nitrogen and oxygen atoms in total. The number of thioether (sulfide) groups is 4. The molecule has 48 heteroatoms. The smallest absolute Gasteiger partial charge is 0.332 e. The Morgan fingerprint density at radius 1 is 0.405 bits per heavy atom. The van der Waals surface area contributed by atoms with Crippen molar-refractivity contribution in [2.75, 3.05) is 188 Å². The van der Waals surface area contributed by atoms with Gasteiger partial charge in [-0.2, -0.15) is 0 Å². The van der Waals surface area contributed by atoms with Gasteiger partial charge in [0.25, 0.3) is 5.56 Å². The number of imidazole rings is 2. The van der Waals surface area contributed by atoms with E-state index in [0.29, 0.717) is 95.4 Å². The SMILES string of the molecule is CCCn1cnc2c1c(=S)n(C)c(=O)n2C.CN1CCN(CCSC2=Nc3c(c(=S)n(C)c(=O)n3C)C2)CC1.COCCn1c2c(c(=S)n(C)c1=O)CC(SCCN1CCOCC1)=N2.Cn1c(=O)c2c(n(CCO)c1=O)N=C(SCCN1CCOCC1)C2.Cn1c(=S)c2c(n(CCO)c1=O)N=C(SCCN1CCOCC1)C2.Cn1c(=S)c2c(ncn2CC(=O)C2CC2)n(C)c1=O. The lowest BCUT2D eigenvalue weighted by Crippen LogP contribution is -2.45. The van der Waals surface area contributed by atoms with Crippen molar-refractivity contribution >= 4 is 180 Å². The number of hydrogen-bond donors (Lipinski definition) is 2. The van der Waals surface area contributed by atoms with Gasteiger partial charge in [-0.15, -0.1) is 47.0 Å². The van der Waals surface area contributed by atoms with Crippen LogP contribution in [-0.4, -0.2) is 323 Å². The largest absolute Gasteiger partial charge is 0.395 e. The molecule has 0 amide bonds. The van der Waals surface area contributed by atoms with Crippen molar-refractivity contribution in [1.29, 1.82) is 0 Å². The van der Waals surface area contributed by atoms with Crippen LogP contribution in [0.1, 0.15) is 48.4 Å². The molecule has 16 heterocycles. The standard InChI is InChI=1S/C16H24N4O3S2.C15H23N5OS2.C15H22N4O4S.C15H22N4O3S2.C12H14N4O2S.C10H14N4OS/c1-18-15(24)12-11-13(25-10-6-19-3-8-23-9-4-19)17-14(12)20(16(18)21)5-7-22-2;1-17-4-6-20(7-5-17)8-9-23-12-10-11-13(16-12)18(2)15(21)19(3)14(11)22;1-17-14(21)11-10-12(16-13(11)19(2-6-20)15(17)22)24-9-5-18-3-7-23-8-4-18;1-17-14(23)11-10-12(16-13(11)19(2-6-20)15(17)21)24-9-5-18-3-7-22-8-4-18;1-14-10-9(11(19)15(2)12(14)18)16(6-13-10)5-8(17)7-3-4-7;1-4-5-14-6-11-8-7(14)9(16)13(3)10(15)12(8)2/h3-11H2,1-2H3;4-10H2,1-3H3;2*20H,2-10H2,1H3;6-7H,3-5H2,1-2H3;6H,4-5H2,1-3H3. The van der Waals surface area contributed by atoms with E-state index in [1.165, 1.54) is 48.2 Å². The van der Waals surface area contributed by atoms with Gasteiger partial charge < -0.3 is 43.2 Å². The van der Waals surface area contributed by atoms with Crippen molar-refractivity contribution in [3.05, 3.63) is 131 Å². The number of ether oxygens (including phenoxy) is 4. The molecule has 1 saturated carbocycles. The van der Waals surface area contributed by atoms with Crippen LogP contribution in [0.4, 0.5) is 23.3 Å². The molecule has 131 heavy (non-hydrogen) atoms. The first-order valence-corrected chi connectivity index (χ1v) is 49.7. The maximum atomic E-state index is 12.5. The molecule has 2 N–H and O–H groups in total. The lowest BCUT2D eigenvalue weighted by atomic mass is 10.2. The first-order valence-electron chi connectivity index (χ1n) is 43.7. The summed E-state index contributed by atoms with van der Waals surface area (Å²) >= 11 is 33.7. The number of nitrogens with zero attached hydrogens (tertiary/aromatic N) is 25. The van der Waals surface area contributed by atoms with Gasteiger partial charge in [0.05, 0.1) is 124 Å². The third kappa shape index (κ3) is 24.6. The van der Waals surface area contributed by atoms with E-state index in [1.807, 2.05) is 4.57 Å². The molecule has 0 atom stereocenters. The van der Waals surface area contributed by atoms with Crippen LogP contribution in [0.25, 0.3) is 22.3 Å². The van der Waals surface area contributed by atoms with E-state index < -0.39 is 5.69 Å². The Morgan fingerprint density at radius 2 is 0.740 bits per heavy atom. The number of rotatable bonds is 24. The average molecular weight is 1980 g/mol. The summed E-state index contributed by atoms with van der Waals surface area (Å²) in [4.78, 5) is 136. The predicted octanol–water partition coefficient (Wildman–Crippen LogP) is 3.98. The second-order valence-electron chi connectivity index (χ2n) is 32.7. The van der Waals surface area contributed by atoms with Crippen molar-refractivity contribution in [2.24, 2.45) is 89.3 Å². The van der Waals surface area contributed by atoms with Gasteiger partial charge in [-0.1, -0.05) is 68.0 Å². The maximum absolute atomic E-state index is 12.5. The molecule has 0 unspecified atom stereocenters. The van der Waals surface area contributed by atoms with Gasteiger partial charge in [-0.3, -0.25) is 84.0 Å². The van der Waals surface area contributed by atoms with Crippen LogP contribution in [0.3, 0.4) is 0 Å². The molecular weight excluding hydrogens is 1860 g/mol. The van der Waals surface area contributed by atoms with Gasteiger partial charge in [0, 0.05) is 240 Å². The highest BCUT2D eigenvalue weighted by atomic mass is 32.2. The van der Waals surface area contributed by atoms with Gasteiger partial charge in [0.2, 0.25) is 0 Å². The monoisotopic (exact) mass is 1980 g/mol. The molecule has 8 aliphatic heterocycles. The van der Waals surface area contributed by atoms with E-state index in [2.05, 4.69) is 63.4 Å². The number of aliphatic hydroxyl groups is 2. The van der Waals surface area contributed by atoms with E-state index in [4.69, 9.17) is 85.0 Å². The summed E-state index contributed by atoms with van der Waals surface area (Å²) in [5.74, 6) is 6.74. The lowest BCUT2D eigenvalue weighted by molar-refractivity contribution is -0.120. The Bertz CT molecular complexity index is 6300. The van der Waals surface area contributed by atoms with Crippen LogP contribution >= 0.6 is 108 Å². The van der Waals surface area contributed by atoms with Crippen molar-refractivity contribution in [1.82, 2.24) is 98.4 Å². The zero-order valence-electron chi connectivity index (χ0n) is 76.5. The first-order chi connectivity index (χ1) is 62.9. The first kappa shape index (κ1) is 102. The number of hydrogen-bond acceptors (Lipinski definition) is 34. The van der Waals surface area contributed by atoms with Crippen LogP contribution in [0.5, 0.6) is 0 Å². The Labute approximate surface area is 799 Å². The predicted molar refractivity (Wildman–Crippen MR) is 531 cm³/mol. The number of Topliss-reactive ketones (excluding diaryl/α,β-unsaturated/α-hetero) is 1. The molecule has 8 aromatic heterocycles. The van der Waals surface area contributed by atoms with Gasteiger partial charge >= 0.3 is 34.1 Å². The number of carbonyl (C=O) groups excluding carboxylic acids is 1. The second-order valence-corrected chi connectivity index (χ2v) is 39.3. The lowest BCUT2D eigenvalue weighted by Gasteiger charge is -2.32. The molecule has 9 aliphatic rings. The van der Waals surface area contributed by atoms with Crippen molar-refractivity contribution in [2.45, 2.75) is 84.6 Å². The summed E-state index contributed by atoms with van der Waals surface area (Å²) in [7, 11) is 18.8. The molecule has 0 spiro atoms. The van der Waals surface area contributed by atoms with E-state index in [9.17, 15) is 48.6 Å². The van der Waals surface area contributed by atoms with Crippen LogP contribution < -0.4 is 39.7 Å². The normalized spacial score (nSPS) is 16.8. The Balaban J connectivity index is 0.000000143. The van der Waals surface area contributed by atoms with E-state index in [1.54, 1.807) is 137 Å². The molecule has 4 saturated heterocycles. The number of fused-ring (bicyclic) bond motifs is 6. The van der Waals surface area contributed by atoms with Gasteiger partial charge in [0.15, 0.2) is 17.1 Å². The molecule has 1 aliphatic carbocycles. The summed E-state index contributed by atoms with van der Waals surface area (Å²) in [5, 5.41) is 22.3. The third-order valence-electron chi connectivity index (χ3n) is 23.8. The number of aliphatic imine (C=N–C) groups is 4. The molecule has 0 radical (unpaired) electrons. The second kappa shape index (κ2) is 47.8. The summed E-state index contributed by atoms with van der Waals surface area (Å²) in [5.41, 5.74) is 4.60. The molecule has 17 rings (SSSR count). The highest BCUT2D eigenvalue weighted by Gasteiger charge is 2.32. The number of likely N-dealkylation sites (N-methyl/N-ethyl adjacent to an activating group) is 1. The highest BCUT2D eigenvalue weighted by molar-refractivity contribution is 8.14. The van der Waals surface area contributed by atoms with Crippen LogP contribution in [0.2, 0.25) is 0 Å². The number of piperazine rings is 1. The van der Waals surface area contributed by atoms with Gasteiger partial charge in [-0.05, 0) is 26.3 Å². The number of aliphatic hydroxyl groups excluding tert-OH is 2. The topological polar surface area (TPSA) is 374 Å². The Hall–Kier alpha value is -7.57. The maximum Gasteiger partial charge on any atom is 0.332 e. The summed E-state index contributed by atoms with van der Waals surface area (Å²) in [6.07, 6.45) is 8.89. The fourth-order valence-electron chi connectivity index (χ4n) is 15.8. The minimum absolute atomic E-state index is 0.0991. The highest BCUT2D eigenvalue weighted by Crippen LogP contribution is 2.35. The minimum atomic E-state index is -0.434. The molecule has 0 aromatic carbocycles. The number of carbonyl (C=O) groups is 1. The average Bonchev–Trinajstić information content (AvgIpc) is 1.64. The summed E-state index contributed by atoms with van der Waals surface area (Å²) in [6.45, 7) is 23.6. The summed E-state index contributed by atoms with van der Waals surface area (Å²) < 4.78 is 45.2. The Morgan fingerprint density at radius 3 is 1.14 bits per heavy atom. The van der Waals surface area contributed by atoms with E-state index in [0.717, 1.165) is 239 Å². The van der Waals surface area contributed by atoms with Crippen LogP contribution in [-0.2, 0) is 146 Å². The number of methoxy groups -OCH3 is 1. The zero-order valence-corrected chi connectivity index (χ0v) is 83.8. The van der Waals surface area contributed by atoms with E-state index in [-0.39, 0.29) is 78.6 Å². The third-order valence-corrected chi connectivity index (χ3v) is 30.1. The van der Waals surface area contributed by atoms with Crippen molar-refractivity contribution in [3.8, 4) is 0 Å². The van der Waals surface area contributed by atoms with Gasteiger partial charge in [0.1, 0.15) is 57.5 Å². The summed E-state index contributed by atoms with van der Waals surface area (Å²) in [6, 6.07) is 0. The van der Waals surface area contributed by atoms with Crippen LogP contribution in [0.15, 0.2) is 66.2 Å².